The Kier molecular flexibility index (Phi) is 8.55. The maximum atomic E-state index is 14.5. The van der Waals surface area contributed by atoms with Gasteiger partial charge in [0.1, 0.15) is 6.04 Å². The highest BCUT2D eigenvalue weighted by molar-refractivity contribution is 8.02. The van der Waals surface area contributed by atoms with Crippen LogP contribution in [0.15, 0.2) is 25.3 Å². The first-order chi connectivity index (χ1) is 17.3. The van der Waals surface area contributed by atoms with Crippen LogP contribution < -0.4 is 0 Å². The molecule has 4 aliphatic rings. The van der Waals surface area contributed by atoms with E-state index in [2.05, 4.69) is 13.2 Å². The molecule has 0 aromatic carbocycles. The molecule has 2 amide bonds. The number of aliphatic hydroxyl groups excluding tert-OH is 1. The second-order valence-electron chi connectivity index (χ2n) is 11.1. The van der Waals surface area contributed by atoms with Crippen molar-refractivity contribution in [1.29, 1.82) is 0 Å². The van der Waals surface area contributed by atoms with Gasteiger partial charge in [-0.25, -0.2) is 0 Å². The van der Waals surface area contributed by atoms with Crippen LogP contribution in [0, 0.1) is 17.8 Å². The van der Waals surface area contributed by atoms with E-state index in [1.807, 2.05) is 18.7 Å². The summed E-state index contributed by atoms with van der Waals surface area (Å²) in [5.41, 5.74) is 0. The summed E-state index contributed by atoms with van der Waals surface area (Å²) >= 11 is 1.65. The summed E-state index contributed by atoms with van der Waals surface area (Å²) < 4.78 is 4.90. The number of hydrogen-bond donors (Lipinski definition) is 1. The van der Waals surface area contributed by atoms with Crippen molar-refractivity contribution in [3.05, 3.63) is 25.3 Å². The zero-order valence-electron chi connectivity index (χ0n) is 21.8. The van der Waals surface area contributed by atoms with E-state index in [-0.39, 0.29) is 48.2 Å². The topological polar surface area (TPSA) is 87.1 Å². The highest BCUT2D eigenvalue weighted by Crippen LogP contribution is 2.67. The largest absolute Gasteiger partial charge is 0.465 e. The van der Waals surface area contributed by atoms with E-state index in [1.165, 1.54) is 6.42 Å². The Morgan fingerprint density at radius 2 is 1.94 bits per heavy atom. The summed E-state index contributed by atoms with van der Waals surface area (Å²) in [5, 5.41) is 10.3. The lowest BCUT2D eigenvalue weighted by molar-refractivity contribution is -0.154. The number of fused-ring (bicyclic) bond motifs is 1. The van der Waals surface area contributed by atoms with E-state index < -0.39 is 28.7 Å². The zero-order valence-corrected chi connectivity index (χ0v) is 22.6. The van der Waals surface area contributed by atoms with Crippen molar-refractivity contribution in [3.8, 4) is 0 Å². The summed E-state index contributed by atoms with van der Waals surface area (Å²) in [7, 11) is 0. The van der Waals surface area contributed by atoms with Crippen molar-refractivity contribution < 1.29 is 24.2 Å². The molecule has 1 N–H and O–H groups in total. The maximum Gasteiger partial charge on any atom is 0.310 e. The highest BCUT2D eigenvalue weighted by Gasteiger charge is 2.75. The molecule has 0 aromatic rings. The minimum absolute atomic E-state index is 0.0261. The molecule has 3 aliphatic heterocycles. The number of thioether (sulfide) groups is 1. The Morgan fingerprint density at radius 1 is 1.22 bits per heavy atom. The van der Waals surface area contributed by atoms with E-state index in [1.54, 1.807) is 28.8 Å². The molecule has 1 aliphatic carbocycles. The Labute approximate surface area is 219 Å². The lowest BCUT2D eigenvalue weighted by Crippen LogP contribution is -2.60. The summed E-state index contributed by atoms with van der Waals surface area (Å²) in [6.45, 7) is 12.0. The molecule has 0 aromatic heterocycles. The van der Waals surface area contributed by atoms with E-state index in [4.69, 9.17) is 4.74 Å². The van der Waals surface area contributed by atoms with E-state index in [9.17, 15) is 19.5 Å². The number of aliphatic hydroxyl groups is 1. The molecule has 1 spiro atoms. The molecule has 36 heavy (non-hydrogen) atoms. The standard InChI is InChI=1S/C28H42N2O5S/c1-5-7-16-35-27(34)22-21-13-14-28(36-21)23(22)25(32)30(20(17-31)18(3)4)24(28)26(33)29(15-6-2)19-11-9-8-10-12-19/h5-6,18-24,31H,1-2,7-17H2,3-4H3/t20-,21+,22-,23-,24?,28?/m0/s1. The van der Waals surface area contributed by atoms with Gasteiger partial charge >= 0.3 is 5.97 Å². The fraction of sp³-hybridized carbons (Fsp3) is 0.750. The molecular formula is C28H42N2O5S. The highest BCUT2D eigenvalue weighted by atomic mass is 32.2. The fourth-order valence-electron chi connectivity index (χ4n) is 7.06. The third kappa shape index (κ3) is 4.53. The Hall–Kier alpha value is -1.80. The van der Waals surface area contributed by atoms with Crippen LogP contribution in [-0.2, 0) is 19.1 Å². The quantitative estimate of drug-likeness (QED) is 0.256. The smallest absolute Gasteiger partial charge is 0.310 e. The van der Waals surface area contributed by atoms with E-state index in [0.717, 1.165) is 32.1 Å². The molecule has 2 bridgehead atoms. The Bertz CT molecular complexity index is 872. The van der Waals surface area contributed by atoms with Gasteiger partial charge in [0, 0.05) is 17.8 Å². The van der Waals surface area contributed by atoms with Crippen LogP contribution in [0.3, 0.4) is 0 Å². The third-order valence-corrected chi connectivity index (χ3v) is 10.7. The number of amides is 2. The first-order valence-corrected chi connectivity index (χ1v) is 14.5. The van der Waals surface area contributed by atoms with Gasteiger partial charge in [0.05, 0.1) is 35.8 Å². The van der Waals surface area contributed by atoms with Crippen molar-refractivity contribution in [2.75, 3.05) is 19.8 Å². The van der Waals surface area contributed by atoms with Gasteiger partial charge in [-0.1, -0.05) is 45.3 Å². The van der Waals surface area contributed by atoms with Crippen LogP contribution >= 0.6 is 11.8 Å². The predicted octanol–water partition coefficient (Wildman–Crippen LogP) is 3.56. The normalized spacial score (nSPS) is 32.4. The van der Waals surface area contributed by atoms with Crippen LogP contribution in [0.25, 0.3) is 0 Å². The number of hydrogen-bond acceptors (Lipinski definition) is 6. The maximum absolute atomic E-state index is 14.5. The summed E-state index contributed by atoms with van der Waals surface area (Å²) in [5.74, 6) is -1.77. The molecule has 7 nitrogen and oxygen atoms in total. The van der Waals surface area contributed by atoms with Crippen molar-refractivity contribution in [2.24, 2.45) is 17.8 Å². The number of esters is 1. The summed E-state index contributed by atoms with van der Waals surface area (Å²) in [6.07, 6.45) is 10.8. The van der Waals surface area contributed by atoms with Crippen LogP contribution in [0.1, 0.15) is 65.2 Å². The van der Waals surface area contributed by atoms with Crippen molar-refractivity contribution in [3.63, 3.8) is 0 Å². The molecule has 0 radical (unpaired) electrons. The number of ether oxygens (including phenoxy) is 1. The van der Waals surface area contributed by atoms with Crippen molar-refractivity contribution in [2.45, 2.75) is 93.3 Å². The van der Waals surface area contributed by atoms with Crippen LogP contribution in [-0.4, -0.2) is 80.6 Å². The minimum atomic E-state index is -0.697. The van der Waals surface area contributed by atoms with Crippen molar-refractivity contribution >= 4 is 29.5 Å². The molecule has 4 rings (SSSR count). The SMILES string of the molecule is C=CCCOC(=O)[C@@H]1[C@H]2C(=O)N([C@@H](CO)C(C)C)C(C(=O)N(CC=C)C3CCCCC3)C23CC[C@H]1S3. The minimum Gasteiger partial charge on any atom is -0.465 e. The van der Waals surface area contributed by atoms with Gasteiger partial charge in [-0.15, -0.1) is 24.9 Å². The molecule has 200 valence electrons. The number of carbonyl (C=O) groups is 3. The van der Waals surface area contributed by atoms with Gasteiger partial charge in [-0.2, -0.15) is 0 Å². The zero-order chi connectivity index (χ0) is 26.0. The number of likely N-dealkylation sites (tertiary alicyclic amines) is 1. The molecular weight excluding hydrogens is 476 g/mol. The molecule has 4 fully saturated rings. The van der Waals surface area contributed by atoms with Crippen molar-refractivity contribution in [1.82, 2.24) is 9.80 Å². The average molecular weight is 519 g/mol. The molecule has 6 atom stereocenters. The summed E-state index contributed by atoms with van der Waals surface area (Å²) in [6, 6.07) is -1.05. The second kappa shape index (κ2) is 11.3. The van der Waals surface area contributed by atoms with Gasteiger partial charge in [-0.3, -0.25) is 14.4 Å². The number of carbonyl (C=O) groups excluding carboxylic acids is 3. The summed E-state index contributed by atoms with van der Waals surface area (Å²) in [4.78, 5) is 45.5. The van der Waals surface area contributed by atoms with E-state index in [0.29, 0.717) is 19.4 Å². The van der Waals surface area contributed by atoms with Gasteiger partial charge < -0.3 is 19.6 Å². The van der Waals surface area contributed by atoms with Gasteiger partial charge in [0.2, 0.25) is 11.8 Å². The Morgan fingerprint density at radius 3 is 2.56 bits per heavy atom. The molecule has 3 heterocycles. The number of nitrogens with zero attached hydrogens (tertiary/aromatic N) is 2. The lowest BCUT2D eigenvalue weighted by atomic mass is 9.71. The monoisotopic (exact) mass is 518 g/mol. The molecule has 1 saturated carbocycles. The molecule has 3 saturated heterocycles. The van der Waals surface area contributed by atoms with Gasteiger partial charge in [0.15, 0.2) is 0 Å². The fourth-order valence-corrected chi connectivity index (χ4v) is 9.25. The second-order valence-corrected chi connectivity index (χ2v) is 12.7. The third-order valence-electron chi connectivity index (χ3n) is 8.75. The van der Waals surface area contributed by atoms with Gasteiger partial charge in [0.25, 0.3) is 0 Å². The Balaban J connectivity index is 1.73. The first-order valence-electron chi connectivity index (χ1n) is 13.6. The molecule has 2 unspecified atom stereocenters. The van der Waals surface area contributed by atoms with E-state index >= 15 is 0 Å². The van der Waals surface area contributed by atoms with Crippen LogP contribution in [0.5, 0.6) is 0 Å². The van der Waals surface area contributed by atoms with Gasteiger partial charge in [-0.05, 0) is 38.0 Å². The number of rotatable bonds is 11. The molecule has 8 heteroatoms. The lowest BCUT2D eigenvalue weighted by Gasteiger charge is -2.43. The van der Waals surface area contributed by atoms with Crippen LogP contribution in [0.2, 0.25) is 0 Å². The van der Waals surface area contributed by atoms with Crippen LogP contribution in [0.4, 0.5) is 0 Å². The predicted molar refractivity (Wildman–Crippen MR) is 141 cm³/mol. The average Bonchev–Trinajstić information content (AvgIpc) is 3.51. The first kappa shape index (κ1) is 27.2.